The fraction of sp³-hybridized carbons (Fsp3) is 0.306. The van der Waals surface area contributed by atoms with Crippen LogP contribution >= 0.6 is 0 Å². The first kappa shape index (κ1) is 28.1. The molecule has 8 nitrogen and oxygen atoms in total. The fourth-order valence-corrected chi connectivity index (χ4v) is 6.42. The average Bonchev–Trinajstić information content (AvgIpc) is 3.03. The summed E-state index contributed by atoms with van der Waals surface area (Å²) in [6.07, 6.45) is 2.40. The summed E-state index contributed by atoms with van der Waals surface area (Å²) in [6.45, 7) is 3.61. The molecule has 7 rings (SSSR count). The van der Waals surface area contributed by atoms with Crippen molar-refractivity contribution in [1.29, 1.82) is 0 Å². The van der Waals surface area contributed by atoms with Crippen LogP contribution in [0.25, 0.3) is 0 Å². The molecule has 0 radical (unpaired) electrons. The molecule has 0 aliphatic carbocycles. The van der Waals surface area contributed by atoms with Gasteiger partial charge >= 0.3 is 0 Å². The molecule has 0 saturated heterocycles. The second-order valence-electron chi connectivity index (χ2n) is 11.8. The Morgan fingerprint density at radius 2 is 1.52 bits per heavy atom. The largest absolute Gasteiger partial charge is 0.493 e. The molecule has 44 heavy (non-hydrogen) atoms. The Hall–Kier alpha value is -4.69. The number of carbonyl (C=O) groups excluding carboxylic acids is 1. The number of aryl methyl sites for hydroxylation is 1. The third-order valence-electron chi connectivity index (χ3n) is 8.93. The molecule has 4 aromatic carbocycles. The van der Waals surface area contributed by atoms with Gasteiger partial charge in [-0.3, -0.25) is 9.69 Å². The number of fused-ring (bicyclic) bond motifs is 5. The van der Waals surface area contributed by atoms with Gasteiger partial charge in [-0.05, 0) is 98.0 Å². The molecule has 1 atom stereocenters. The van der Waals surface area contributed by atoms with Crippen molar-refractivity contribution in [2.24, 2.45) is 0 Å². The number of likely N-dealkylation sites (N-methyl/N-ethyl adjacent to an activating group) is 2. The minimum Gasteiger partial charge on any atom is -0.493 e. The van der Waals surface area contributed by atoms with Crippen LogP contribution in [0.1, 0.15) is 44.2 Å². The van der Waals surface area contributed by atoms with Gasteiger partial charge in [-0.25, -0.2) is 0 Å². The van der Waals surface area contributed by atoms with Gasteiger partial charge in [0.25, 0.3) is 5.91 Å². The Labute approximate surface area is 257 Å². The molecular formula is C36H36N2O6. The van der Waals surface area contributed by atoms with E-state index in [1.807, 2.05) is 56.4 Å². The van der Waals surface area contributed by atoms with Crippen molar-refractivity contribution in [3.8, 4) is 46.0 Å². The summed E-state index contributed by atoms with van der Waals surface area (Å²) in [5.41, 5.74) is 6.18. The zero-order valence-electron chi connectivity index (χ0n) is 25.7. The number of hydrogen-bond donors (Lipinski definition) is 0. The monoisotopic (exact) mass is 592 g/mol. The second kappa shape index (κ2) is 11.1. The summed E-state index contributed by atoms with van der Waals surface area (Å²) < 4.78 is 30.6. The Kier molecular flexibility index (Phi) is 7.09. The first-order valence-electron chi connectivity index (χ1n) is 15.0. The van der Waals surface area contributed by atoms with E-state index in [9.17, 15) is 4.79 Å². The quantitative estimate of drug-likeness (QED) is 0.208. The van der Waals surface area contributed by atoms with E-state index in [0.717, 1.165) is 48.2 Å². The molecule has 3 aliphatic heterocycles. The summed E-state index contributed by atoms with van der Waals surface area (Å²) in [6, 6.07) is 20.0. The molecule has 0 aromatic heterocycles. The highest BCUT2D eigenvalue weighted by Gasteiger charge is 2.36. The minimum atomic E-state index is 0.00185. The number of amides is 1. The minimum absolute atomic E-state index is 0.00185. The topological polar surface area (TPSA) is 69.7 Å². The van der Waals surface area contributed by atoms with Crippen molar-refractivity contribution in [2.75, 3.05) is 41.4 Å². The Morgan fingerprint density at radius 3 is 2.30 bits per heavy atom. The lowest BCUT2D eigenvalue weighted by Crippen LogP contribution is -2.34. The lowest BCUT2D eigenvalue weighted by atomic mass is 9.87. The zero-order valence-corrected chi connectivity index (χ0v) is 25.7. The van der Waals surface area contributed by atoms with Crippen LogP contribution in [-0.2, 0) is 19.3 Å². The average molecular weight is 593 g/mol. The summed E-state index contributed by atoms with van der Waals surface area (Å²) in [7, 11) is 7.28. The number of ether oxygens (including phenoxy) is 5. The molecule has 0 fully saturated rings. The van der Waals surface area contributed by atoms with Gasteiger partial charge in [0.1, 0.15) is 5.75 Å². The second-order valence-corrected chi connectivity index (χ2v) is 11.8. The smallest absolute Gasteiger partial charge is 0.254 e. The molecule has 0 bridgehead atoms. The predicted octanol–water partition coefficient (Wildman–Crippen LogP) is 7.10. The Bertz CT molecular complexity index is 1770. The number of hydrogen-bond acceptors (Lipinski definition) is 7. The highest BCUT2D eigenvalue weighted by Crippen LogP contribution is 2.56. The molecule has 4 aromatic rings. The molecule has 3 heterocycles. The lowest BCUT2D eigenvalue weighted by molar-refractivity contribution is 0.0780. The van der Waals surface area contributed by atoms with Crippen LogP contribution in [0.3, 0.4) is 0 Å². The molecule has 226 valence electrons. The van der Waals surface area contributed by atoms with E-state index in [0.29, 0.717) is 52.4 Å². The van der Waals surface area contributed by atoms with Crippen LogP contribution in [0.15, 0.2) is 60.7 Å². The summed E-state index contributed by atoms with van der Waals surface area (Å²) in [5.74, 6) is 5.17. The first-order valence-corrected chi connectivity index (χ1v) is 15.0. The van der Waals surface area contributed by atoms with E-state index < -0.39 is 0 Å². The zero-order chi connectivity index (χ0) is 30.5. The van der Waals surface area contributed by atoms with Gasteiger partial charge in [0.05, 0.1) is 14.2 Å². The first-order chi connectivity index (χ1) is 21.3. The molecule has 1 amide bonds. The van der Waals surface area contributed by atoms with E-state index >= 15 is 0 Å². The van der Waals surface area contributed by atoms with Crippen LogP contribution in [0.5, 0.6) is 46.0 Å². The molecule has 8 heteroatoms. The number of benzene rings is 4. The Balaban J connectivity index is 1.21. The van der Waals surface area contributed by atoms with Gasteiger partial charge in [0.2, 0.25) is 5.75 Å². The third-order valence-corrected chi connectivity index (χ3v) is 8.93. The molecule has 0 N–H and O–H groups in total. The van der Waals surface area contributed by atoms with Crippen LogP contribution in [0.2, 0.25) is 0 Å². The van der Waals surface area contributed by atoms with Crippen molar-refractivity contribution in [2.45, 2.75) is 32.2 Å². The van der Waals surface area contributed by atoms with Crippen LogP contribution in [0.4, 0.5) is 0 Å². The predicted molar refractivity (Wildman–Crippen MR) is 167 cm³/mol. The van der Waals surface area contributed by atoms with Crippen LogP contribution in [-0.4, -0.2) is 57.1 Å². The van der Waals surface area contributed by atoms with E-state index in [1.54, 1.807) is 19.1 Å². The number of carbonyl (C=O) groups is 1. The van der Waals surface area contributed by atoms with Gasteiger partial charge in [0.15, 0.2) is 34.5 Å². The van der Waals surface area contributed by atoms with Crippen LogP contribution in [0, 0.1) is 6.92 Å². The lowest BCUT2D eigenvalue weighted by Gasteiger charge is -2.38. The van der Waals surface area contributed by atoms with E-state index in [2.05, 4.69) is 30.1 Å². The van der Waals surface area contributed by atoms with Crippen molar-refractivity contribution >= 4 is 5.91 Å². The van der Waals surface area contributed by atoms with Gasteiger partial charge in [-0.1, -0.05) is 18.2 Å². The molecule has 3 aliphatic rings. The SMILES string of the molecule is COc1ccc(C)cc1Oc1ccc(CC2c3c(cc(OC)c4c3Oc3cc5c(cc3O4)CCN(C)C5=O)CCN2C)cc1. The molecule has 0 saturated carbocycles. The van der Waals surface area contributed by atoms with Gasteiger partial charge < -0.3 is 28.6 Å². The van der Waals surface area contributed by atoms with Crippen molar-refractivity contribution in [3.05, 3.63) is 94.0 Å². The fourth-order valence-electron chi connectivity index (χ4n) is 6.42. The van der Waals surface area contributed by atoms with Gasteiger partial charge in [-0.2, -0.15) is 0 Å². The normalized spacial score (nSPS) is 17.0. The number of nitrogens with zero attached hydrogens (tertiary/aromatic N) is 2. The summed E-state index contributed by atoms with van der Waals surface area (Å²) in [4.78, 5) is 17.0. The standard InChI is InChI=1S/C36H36N2O6/c1-21-6-11-28(40-4)29(16-21)42-25-9-7-22(8-10-25)17-27-33-24(13-14-37(27)2)19-32(41-5)34-35(33)44-31-20-26-23(18-30(31)43-34)12-15-38(3)36(26)39/h6-11,16,18-20,27H,12-15,17H2,1-5H3. The van der Waals surface area contributed by atoms with E-state index in [-0.39, 0.29) is 11.9 Å². The third kappa shape index (κ3) is 4.89. The summed E-state index contributed by atoms with van der Waals surface area (Å²) >= 11 is 0. The van der Waals surface area contributed by atoms with Crippen molar-refractivity contribution in [3.63, 3.8) is 0 Å². The number of methoxy groups -OCH3 is 2. The summed E-state index contributed by atoms with van der Waals surface area (Å²) in [5, 5.41) is 0. The highest BCUT2D eigenvalue weighted by atomic mass is 16.6. The molecular weight excluding hydrogens is 556 g/mol. The molecule has 0 spiro atoms. The maximum Gasteiger partial charge on any atom is 0.254 e. The number of rotatable bonds is 6. The highest BCUT2D eigenvalue weighted by molar-refractivity contribution is 5.97. The van der Waals surface area contributed by atoms with Gasteiger partial charge in [-0.15, -0.1) is 0 Å². The van der Waals surface area contributed by atoms with Crippen molar-refractivity contribution in [1.82, 2.24) is 9.80 Å². The van der Waals surface area contributed by atoms with Gasteiger partial charge in [0, 0.05) is 37.3 Å². The molecule has 1 unspecified atom stereocenters. The van der Waals surface area contributed by atoms with E-state index in [4.69, 9.17) is 23.7 Å². The van der Waals surface area contributed by atoms with E-state index in [1.165, 1.54) is 11.1 Å². The maximum absolute atomic E-state index is 12.9. The van der Waals surface area contributed by atoms with Crippen molar-refractivity contribution < 1.29 is 28.5 Å². The Morgan fingerprint density at radius 1 is 0.795 bits per heavy atom. The van der Waals surface area contributed by atoms with Crippen LogP contribution < -0.4 is 23.7 Å². The maximum atomic E-state index is 12.9.